The second kappa shape index (κ2) is 52.1. The molecule has 10 N–H and O–H groups in total. The van der Waals surface area contributed by atoms with Gasteiger partial charge in [0.15, 0.2) is 103 Å². The molecule has 2 aromatic carbocycles. The highest BCUT2D eigenvalue weighted by atomic mass is 32.1. The lowest BCUT2D eigenvalue weighted by Gasteiger charge is -2.19. The first-order valence-electron chi connectivity index (χ1n) is 45.9. The third-order valence-corrected chi connectivity index (χ3v) is 27.6. The van der Waals surface area contributed by atoms with Crippen molar-refractivity contribution < 1.29 is 103 Å². The second-order valence-corrected chi connectivity index (χ2v) is 40.7. The van der Waals surface area contributed by atoms with E-state index in [1.54, 1.807) is 113 Å². The van der Waals surface area contributed by atoms with Crippen LogP contribution in [-0.4, -0.2) is 160 Å². The van der Waals surface area contributed by atoms with Crippen LogP contribution >= 0.6 is 90.7 Å². The van der Waals surface area contributed by atoms with Crippen molar-refractivity contribution in [2.45, 2.75) is 116 Å². The number of furan rings is 1. The number of nitrogens with zero attached hydrogens (tertiary/aromatic N) is 9. The fraction of sp³-hybridized carbons (Fsp3) is 0.216. The van der Waals surface area contributed by atoms with Crippen molar-refractivity contribution in [1.82, 2.24) is 78.3 Å². The summed E-state index contributed by atoms with van der Waals surface area (Å²) in [5.74, 6) is 2.58. The van der Waals surface area contributed by atoms with E-state index in [0.717, 1.165) is 115 Å². The minimum Gasteiger partial charge on any atom is -0.476 e. The van der Waals surface area contributed by atoms with Crippen molar-refractivity contribution in [3.8, 4) is 97.3 Å². The summed E-state index contributed by atoms with van der Waals surface area (Å²) in [5, 5.41) is 84.9. The number of primary amides is 1. The van der Waals surface area contributed by atoms with Crippen molar-refractivity contribution in [3.63, 3.8) is 0 Å². The predicted molar refractivity (Wildman–Crippen MR) is 559 cm³/mol. The number of ether oxygens (including phenoxy) is 1. The second-order valence-electron chi connectivity index (χ2n) is 33.2. The molecular weight excluding hydrogens is 2060 g/mol. The number of thiophene rings is 8. The average Bonchev–Trinajstić information content (AvgIpc) is 1.66. The maximum Gasteiger partial charge on any atom is 0.360 e. The van der Waals surface area contributed by atoms with E-state index in [9.17, 15) is 43.2 Å². The smallest absolute Gasteiger partial charge is 0.360 e. The molecule has 23 rings (SSSR count). The molecule has 3 fully saturated rings. The van der Waals surface area contributed by atoms with Gasteiger partial charge in [0.05, 0.1) is 40.7 Å². The van der Waals surface area contributed by atoms with E-state index in [1.165, 1.54) is 56.2 Å². The molecule has 148 heavy (non-hydrogen) atoms. The van der Waals surface area contributed by atoms with Gasteiger partial charge in [0.2, 0.25) is 5.76 Å². The number of para-hydroxylation sites is 1. The third kappa shape index (κ3) is 31.2. The predicted octanol–water partition coefficient (Wildman–Crippen LogP) is 22.3. The Morgan fingerprint density at radius 2 is 0.757 bits per heavy atom. The largest absolute Gasteiger partial charge is 0.476 e. The number of carboxylic acid groups (broad SMARTS) is 1. The van der Waals surface area contributed by atoms with Crippen LogP contribution in [0.1, 0.15) is 186 Å². The molecule has 38 nitrogen and oxygen atoms in total. The number of benzene rings is 2. The first kappa shape index (κ1) is 106. The van der Waals surface area contributed by atoms with Gasteiger partial charge in [-0.05, 0) is 189 Å². The van der Waals surface area contributed by atoms with Crippen LogP contribution in [0.15, 0.2) is 282 Å². The molecule has 0 unspecified atom stereocenters. The summed E-state index contributed by atoms with van der Waals surface area (Å²) >= 11 is 12.4. The molecule has 3 aliphatic rings. The van der Waals surface area contributed by atoms with Crippen LogP contribution in [0.4, 0.5) is 0 Å². The number of carbonyl (C=O) groups excluding carboxylic acids is 8. The molecule has 762 valence electrons. The van der Waals surface area contributed by atoms with E-state index in [2.05, 4.69) is 96.5 Å². The molecule has 3 aliphatic carbocycles. The molecule has 0 aliphatic heterocycles. The van der Waals surface area contributed by atoms with E-state index in [4.69, 9.17) is 65.8 Å². The molecule has 20 aromatic rings. The van der Waals surface area contributed by atoms with Gasteiger partial charge in [0, 0.05) is 119 Å². The normalized spacial score (nSPS) is 12.1. The minimum absolute atomic E-state index is 0.0663. The number of amides is 7. The highest BCUT2D eigenvalue weighted by molar-refractivity contribution is 7.22. The number of rotatable bonds is 28. The van der Waals surface area contributed by atoms with Gasteiger partial charge in [-0.2, -0.15) is 11.3 Å². The van der Waals surface area contributed by atoms with Crippen molar-refractivity contribution >= 4 is 165 Å². The van der Waals surface area contributed by atoms with Gasteiger partial charge < -0.3 is 97.7 Å². The van der Waals surface area contributed by atoms with E-state index < -0.39 is 17.8 Å². The summed E-state index contributed by atoms with van der Waals surface area (Å²) in [7, 11) is 1.56. The molecule has 0 radical (unpaired) electrons. The van der Waals surface area contributed by atoms with Crippen LogP contribution in [-0.2, 0) is 4.74 Å². The zero-order valence-electron chi connectivity index (χ0n) is 79.4. The van der Waals surface area contributed by atoms with E-state index in [0.29, 0.717) is 117 Å². The van der Waals surface area contributed by atoms with Crippen molar-refractivity contribution in [2.24, 2.45) is 5.73 Å². The molecule has 0 atom stereocenters. The summed E-state index contributed by atoms with van der Waals surface area (Å²) < 4.78 is 57.5. The lowest BCUT2D eigenvalue weighted by atomic mass is 10.1. The number of nitrogens with two attached hydrogens (primary N) is 1. The van der Waals surface area contributed by atoms with Crippen LogP contribution in [0.5, 0.6) is 0 Å². The number of aromatic nitrogens is 9. The highest BCUT2D eigenvalue weighted by Gasteiger charge is 2.30. The third-order valence-electron chi connectivity index (χ3n) is 20.5. The number of hydrogen-bond donors (Lipinski definition) is 9. The minimum atomic E-state index is -1.08. The Balaban J connectivity index is 0.000000125. The number of fused-ring (bicyclic) bond motifs is 2. The highest BCUT2D eigenvalue weighted by Crippen LogP contribution is 2.37. The number of nitrogens with one attached hydrogen (secondary N) is 6. The number of hydrogen-bond acceptors (Lipinski definition) is 38. The van der Waals surface area contributed by atoms with Gasteiger partial charge in [-0.25, -0.2) is 9.59 Å². The lowest BCUT2D eigenvalue weighted by Crippen LogP contribution is -2.40. The first-order valence-corrected chi connectivity index (χ1v) is 52.9. The van der Waals surface area contributed by atoms with E-state index in [1.807, 2.05) is 185 Å². The zero-order valence-corrected chi connectivity index (χ0v) is 86.0. The summed E-state index contributed by atoms with van der Waals surface area (Å²) in [6, 6.07) is 60.0. The Hall–Kier alpha value is -16.1. The molecule has 46 heteroatoms. The van der Waals surface area contributed by atoms with Crippen LogP contribution in [0.3, 0.4) is 0 Å². The molecule has 0 saturated heterocycles. The number of carboxylic acids is 1. The summed E-state index contributed by atoms with van der Waals surface area (Å²) in [5.41, 5.74) is 8.69. The first-order chi connectivity index (χ1) is 71.8. The lowest BCUT2D eigenvalue weighted by molar-refractivity contribution is 0.0513. The summed E-state index contributed by atoms with van der Waals surface area (Å²) in [6.07, 6.45) is 10.1. The fourth-order valence-electron chi connectivity index (χ4n) is 12.7. The summed E-state index contributed by atoms with van der Waals surface area (Å²) in [4.78, 5) is 109. The van der Waals surface area contributed by atoms with Gasteiger partial charge in [-0.1, -0.05) is 132 Å². The fourth-order valence-corrected chi connectivity index (χ4v) is 18.4. The Kier molecular flexibility index (Phi) is 37.4. The van der Waals surface area contributed by atoms with Crippen molar-refractivity contribution in [3.05, 3.63) is 288 Å². The number of esters is 1. The number of aliphatic hydroxyl groups is 1. The monoisotopic (exact) mass is 2150 g/mol. The van der Waals surface area contributed by atoms with Crippen LogP contribution in [0.25, 0.3) is 118 Å². The van der Waals surface area contributed by atoms with Crippen LogP contribution < -0.4 is 37.6 Å². The Bertz CT molecular complexity index is 7340. The zero-order chi connectivity index (χ0) is 104. The van der Waals surface area contributed by atoms with Crippen molar-refractivity contribution in [2.75, 3.05) is 26.8 Å². The van der Waals surface area contributed by atoms with Gasteiger partial charge in [0.25, 0.3) is 41.4 Å². The standard InChI is InChI=1S/C15H12N2O3.C15H12N2O2S.C14H18N2O3S.C12H14N2O2S.C11H10N2O2S.C10H9NO3S.C9H8N2O2S.C8H6N2O2S.C8H5NO3S/c18-15(16-10-5-6-10)11-8-14(20-17-11)13-7-9-3-1-2-4-12(9)19-13;18-15(16-10-5-6-10)11-8-12(19-17-11)14-7-9-3-1-2-4-13(9)20-14;17-8-4-2-1-3-7-15-14(18)11-10-12(19-16-11)13-6-5-9-20-13;1-12(2,3)13-11(15)8-7-9(16-14-8)10-5-4-6-17-10;14-11(12-8-1-2-8)9-5-10(15-13-9)7-3-4-16-6-7;1-2-13-10(12)7-6-8(14-11-7)9-4-3-5-15-9;1-10-9(12)6-5-7(13-11-6)8-3-2-4-14-8;9-8(11)5-4-6(12-10-5)7-2-1-3-13-7;10-8(11)5-4-6(12-9-5)7-2-1-3-13-7/h2*1-4,7-8,10H,5-6H2,(H,16,18);5-6,9-10,17H,1-4,7-8H2,(H,15,18);4-7H,1-3H3,(H,13,15);3-6,8H,1-2H2,(H,12,14);3-6H,2H2,1H3;2-5H,1H3,(H,10,12);1-4H,(H2,9,11);1-4H,(H,10,11). The van der Waals surface area contributed by atoms with Crippen molar-refractivity contribution in [1.29, 1.82) is 0 Å². The molecule has 18 heterocycles. The van der Waals surface area contributed by atoms with Crippen LogP contribution in [0.2, 0.25) is 0 Å². The molecule has 0 spiro atoms. The Morgan fingerprint density at radius 1 is 0.385 bits per heavy atom. The van der Waals surface area contributed by atoms with E-state index >= 15 is 0 Å². The number of aliphatic hydroxyl groups excluding tert-OH is 1. The maximum absolute atomic E-state index is 11.9. The molecule has 18 aromatic heterocycles. The summed E-state index contributed by atoms with van der Waals surface area (Å²) in [6.45, 7) is 8.70. The van der Waals surface area contributed by atoms with Gasteiger partial charge in [0.1, 0.15) is 5.58 Å². The maximum atomic E-state index is 11.9. The van der Waals surface area contributed by atoms with Gasteiger partial charge in [-0.3, -0.25) is 33.6 Å². The molecule has 0 bridgehead atoms. The number of carbonyl (C=O) groups is 9. The molecular formula is C102H94N16O22S8. The number of aromatic carboxylic acids is 1. The van der Waals surface area contributed by atoms with Gasteiger partial charge >= 0.3 is 11.9 Å². The number of unbranched alkanes of at least 4 members (excludes halogenated alkanes) is 3. The van der Waals surface area contributed by atoms with Gasteiger partial charge in [-0.15, -0.1) is 79.4 Å². The Morgan fingerprint density at radius 3 is 1.15 bits per heavy atom. The quantitative estimate of drug-likeness (QED) is 0.0162. The molecule has 7 amide bonds. The average molecular weight is 2150 g/mol. The van der Waals surface area contributed by atoms with E-state index in [-0.39, 0.29) is 70.4 Å². The molecule has 3 saturated carbocycles. The Labute approximate surface area is 874 Å². The SMILES string of the molecule is CC(C)(C)NC(=O)c1cc(-c2cccs2)on1.CCOC(=O)c1cc(-c2cccs2)on1.CNC(=O)c1cc(-c2cccs2)on1.NC(=O)c1cc(-c2cccs2)on1.O=C(NC1CC1)c1cc(-c2cc3ccccc3o2)on1.O=C(NC1CC1)c1cc(-c2cc3ccccc3s2)on1.O=C(NC1CC1)c1cc(-c2ccsc2)on1.O=C(NCCCCCCO)c1cc(-c2cccs2)on1.O=C(O)c1cc(-c2cccs2)on1. The topological polar surface area (TPSA) is 549 Å². The van der Waals surface area contributed by atoms with Crippen LogP contribution in [0, 0.1) is 0 Å².